The molecule has 0 aromatic carbocycles. The lowest BCUT2D eigenvalue weighted by Gasteiger charge is -2.29. The SMILES string of the molecule is Cl.Cn1c(=O)c2c(ncn2CC(=N)N2CCOCC2)n(C)c1=O.O. The summed E-state index contributed by atoms with van der Waals surface area (Å²) in [5.41, 5.74) is -0.137. The van der Waals surface area contributed by atoms with Gasteiger partial charge in [-0.25, -0.2) is 9.78 Å². The third kappa shape index (κ3) is 3.21. The molecule has 0 spiro atoms. The summed E-state index contributed by atoms with van der Waals surface area (Å²) < 4.78 is 9.28. The van der Waals surface area contributed by atoms with Crippen LogP contribution in [0.15, 0.2) is 15.9 Å². The van der Waals surface area contributed by atoms with Crippen LogP contribution in [0.3, 0.4) is 0 Å². The molecule has 0 amide bonds. The minimum atomic E-state index is -0.411. The van der Waals surface area contributed by atoms with Crippen LogP contribution in [-0.4, -0.2) is 61.2 Å². The highest BCUT2D eigenvalue weighted by Gasteiger charge is 2.18. The normalized spacial score (nSPS) is 14.2. The fourth-order valence-corrected chi connectivity index (χ4v) is 2.61. The molecule has 3 rings (SSSR count). The van der Waals surface area contributed by atoms with Crippen LogP contribution in [0, 0.1) is 5.41 Å². The summed E-state index contributed by atoms with van der Waals surface area (Å²) in [6, 6.07) is 0. The molecule has 3 N–H and O–H groups in total. The predicted octanol–water partition coefficient (Wildman–Crippen LogP) is -1.66. The van der Waals surface area contributed by atoms with Gasteiger partial charge in [-0.1, -0.05) is 0 Å². The summed E-state index contributed by atoms with van der Waals surface area (Å²) in [7, 11) is 3.02. The molecule has 3 heterocycles. The number of aryl methyl sites for hydroxylation is 1. The van der Waals surface area contributed by atoms with E-state index in [9.17, 15) is 9.59 Å². The number of nitrogens with zero attached hydrogens (tertiary/aromatic N) is 5. The van der Waals surface area contributed by atoms with Crippen molar-refractivity contribution in [1.29, 1.82) is 5.41 Å². The van der Waals surface area contributed by atoms with E-state index in [-0.39, 0.29) is 24.4 Å². The van der Waals surface area contributed by atoms with E-state index in [4.69, 9.17) is 10.1 Å². The average Bonchev–Trinajstić information content (AvgIpc) is 2.95. The van der Waals surface area contributed by atoms with Crippen molar-refractivity contribution in [2.75, 3.05) is 26.3 Å². The third-order valence-electron chi connectivity index (χ3n) is 3.93. The first-order valence-electron chi connectivity index (χ1n) is 7.01. The van der Waals surface area contributed by atoms with Crippen molar-refractivity contribution in [1.82, 2.24) is 23.6 Å². The van der Waals surface area contributed by atoms with Crippen molar-refractivity contribution < 1.29 is 10.2 Å². The molecular formula is C13H21ClN6O4. The molecule has 1 aliphatic rings. The molecular weight excluding hydrogens is 340 g/mol. The van der Waals surface area contributed by atoms with Crippen molar-refractivity contribution in [2.45, 2.75) is 6.54 Å². The van der Waals surface area contributed by atoms with E-state index in [0.29, 0.717) is 43.3 Å². The van der Waals surface area contributed by atoms with Crippen LogP contribution in [-0.2, 0) is 25.4 Å². The van der Waals surface area contributed by atoms with Gasteiger partial charge in [0.05, 0.1) is 26.1 Å². The van der Waals surface area contributed by atoms with Gasteiger partial charge >= 0.3 is 5.69 Å². The number of fused-ring (bicyclic) bond motifs is 1. The van der Waals surface area contributed by atoms with E-state index in [0.717, 1.165) is 4.57 Å². The monoisotopic (exact) mass is 360 g/mol. The minimum absolute atomic E-state index is 0. The Morgan fingerprint density at radius 1 is 1.25 bits per heavy atom. The average molecular weight is 361 g/mol. The molecule has 10 nitrogen and oxygen atoms in total. The number of halogens is 1. The van der Waals surface area contributed by atoms with Crippen LogP contribution >= 0.6 is 12.4 Å². The van der Waals surface area contributed by atoms with Crippen LogP contribution in [0.1, 0.15) is 0 Å². The molecule has 1 aliphatic heterocycles. The summed E-state index contributed by atoms with van der Waals surface area (Å²) in [6.07, 6.45) is 1.50. The van der Waals surface area contributed by atoms with Crippen LogP contribution in [0.2, 0.25) is 0 Å². The maximum Gasteiger partial charge on any atom is 0.332 e. The summed E-state index contributed by atoms with van der Waals surface area (Å²) in [5.74, 6) is 0.401. The quantitative estimate of drug-likeness (QED) is 0.506. The highest BCUT2D eigenvalue weighted by atomic mass is 35.5. The molecule has 2 aromatic heterocycles. The smallest absolute Gasteiger partial charge is 0.332 e. The number of amidine groups is 1. The van der Waals surface area contributed by atoms with Crippen LogP contribution in [0.25, 0.3) is 11.2 Å². The second-order valence-electron chi connectivity index (χ2n) is 5.30. The van der Waals surface area contributed by atoms with E-state index in [1.54, 1.807) is 11.6 Å². The van der Waals surface area contributed by atoms with Gasteiger partial charge in [0.1, 0.15) is 5.84 Å². The Morgan fingerprint density at radius 2 is 1.88 bits per heavy atom. The lowest BCUT2D eigenvalue weighted by Crippen LogP contribution is -2.42. The van der Waals surface area contributed by atoms with Gasteiger partial charge in [0, 0.05) is 27.2 Å². The zero-order chi connectivity index (χ0) is 15.9. The zero-order valence-corrected chi connectivity index (χ0v) is 14.3. The van der Waals surface area contributed by atoms with Gasteiger partial charge in [0.2, 0.25) is 0 Å². The maximum atomic E-state index is 12.3. The number of nitrogens with one attached hydrogen (secondary N) is 1. The van der Waals surface area contributed by atoms with Gasteiger partial charge in [0.15, 0.2) is 11.2 Å². The third-order valence-corrected chi connectivity index (χ3v) is 3.93. The molecule has 0 bridgehead atoms. The van der Waals surface area contributed by atoms with Crippen molar-refractivity contribution in [3.8, 4) is 0 Å². The van der Waals surface area contributed by atoms with Gasteiger partial charge in [-0.05, 0) is 0 Å². The molecule has 1 saturated heterocycles. The maximum absolute atomic E-state index is 12.3. The van der Waals surface area contributed by atoms with Gasteiger partial charge in [-0.2, -0.15) is 0 Å². The molecule has 1 fully saturated rings. The Labute approximate surface area is 143 Å². The Morgan fingerprint density at radius 3 is 2.50 bits per heavy atom. The fraction of sp³-hybridized carbons (Fsp3) is 0.538. The van der Waals surface area contributed by atoms with Gasteiger partial charge in [0.25, 0.3) is 5.56 Å². The minimum Gasteiger partial charge on any atom is -0.412 e. The number of ether oxygens (including phenoxy) is 1. The number of morpholine rings is 1. The van der Waals surface area contributed by atoms with E-state index in [1.807, 2.05) is 4.90 Å². The zero-order valence-electron chi connectivity index (χ0n) is 13.5. The predicted molar refractivity (Wildman–Crippen MR) is 91.2 cm³/mol. The van der Waals surface area contributed by atoms with Crippen LogP contribution in [0.5, 0.6) is 0 Å². The summed E-state index contributed by atoms with van der Waals surface area (Å²) in [5, 5.41) is 8.20. The van der Waals surface area contributed by atoms with Crippen molar-refractivity contribution in [3.63, 3.8) is 0 Å². The van der Waals surface area contributed by atoms with Crippen LogP contribution < -0.4 is 11.2 Å². The molecule has 0 atom stereocenters. The first-order valence-corrected chi connectivity index (χ1v) is 7.01. The molecule has 0 radical (unpaired) electrons. The molecule has 24 heavy (non-hydrogen) atoms. The van der Waals surface area contributed by atoms with E-state index >= 15 is 0 Å². The number of imidazole rings is 1. The molecule has 0 aliphatic carbocycles. The summed E-state index contributed by atoms with van der Waals surface area (Å²) in [4.78, 5) is 30.3. The lowest BCUT2D eigenvalue weighted by atomic mass is 10.3. The lowest BCUT2D eigenvalue weighted by molar-refractivity contribution is 0.0666. The molecule has 11 heteroatoms. The fourth-order valence-electron chi connectivity index (χ4n) is 2.61. The van der Waals surface area contributed by atoms with E-state index < -0.39 is 11.2 Å². The Bertz CT molecular complexity index is 848. The Balaban J connectivity index is 0.00000144. The topological polar surface area (TPSA) is 130 Å². The van der Waals surface area contributed by atoms with Crippen LogP contribution in [0.4, 0.5) is 0 Å². The second-order valence-corrected chi connectivity index (χ2v) is 5.30. The Hall–Kier alpha value is -2.17. The summed E-state index contributed by atoms with van der Waals surface area (Å²) in [6.45, 7) is 2.78. The number of hydrogen-bond donors (Lipinski definition) is 1. The number of rotatable bonds is 2. The highest BCUT2D eigenvalue weighted by Crippen LogP contribution is 2.07. The van der Waals surface area contributed by atoms with Gasteiger partial charge in [-0.3, -0.25) is 19.3 Å². The van der Waals surface area contributed by atoms with Gasteiger partial charge < -0.3 is 19.7 Å². The molecule has 134 valence electrons. The standard InChI is InChI=1S/C13H18N6O3.ClH.H2O/c1-16-11-10(12(20)17(2)13(16)21)19(8-15-11)7-9(14)18-3-5-22-6-4-18;;/h8,14H,3-7H2,1-2H3;1H;1H2. The molecule has 2 aromatic rings. The first-order chi connectivity index (χ1) is 10.5. The highest BCUT2D eigenvalue weighted by molar-refractivity contribution is 5.85. The largest absolute Gasteiger partial charge is 0.412 e. The Kier molecular flexibility index (Phi) is 6.29. The number of aromatic nitrogens is 4. The molecule has 0 unspecified atom stereocenters. The van der Waals surface area contributed by atoms with Crippen molar-refractivity contribution >= 4 is 29.4 Å². The number of hydrogen-bond acceptors (Lipinski definition) is 5. The summed E-state index contributed by atoms with van der Waals surface area (Å²) >= 11 is 0. The van der Waals surface area contributed by atoms with Crippen molar-refractivity contribution in [2.24, 2.45) is 14.1 Å². The second kappa shape index (κ2) is 7.60. The van der Waals surface area contributed by atoms with Gasteiger partial charge in [-0.15, -0.1) is 12.4 Å². The van der Waals surface area contributed by atoms with Crippen molar-refractivity contribution in [3.05, 3.63) is 27.2 Å². The molecule has 0 saturated carbocycles. The first kappa shape index (κ1) is 19.9. The van der Waals surface area contributed by atoms with E-state index in [2.05, 4.69) is 4.98 Å². The van der Waals surface area contributed by atoms with E-state index in [1.165, 1.54) is 17.9 Å².